The van der Waals surface area contributed by atoms with Gasteiger partial charge in [0, 0.05) is 11.1 Å². The van der Waals surface area contributed by atoms with Gasteiger partial charge in [0.25, 0.3) is 0 Å². The van der Waals surface area contributed by atoms with Crippen LogP contribution in [0.4, 0.5) is 0 Å². The Balaban J connectivity index is 2.62. The molecule has 2 rings (SSSR count). The Morgan fingerprint density at radius 1 is 0.778 bits per heavy atom. The van der Waals surface area contributed by atoms with Crippen molar-refractivity contribution in [2.75, 3.05) is 14.2 Å². The predicted molar refractivity (Wildman–Crippen MR) is 109 cm³/mol. The van der Waals surface area contributed by atoms with E-state index in [1.165, 1.54) is 12.7 Å². The molecule has 0 heterocycles. The Kier molecular flexibility index (Phi) is 5.88. The fourth-order valence-corrected chi connectivity index (χ4v) is 2.88. The Bertz CT molecular complexity index is 823. The van der Waals surface area contributed by atoms with Gasteiger partial charge in [-0.05, 0) is 34.6 Å². The molecule has 27 heavy (non-hydrogen) atoms. The summed E-state index contributed by atoms with van der Waals surface area (Å²) in [7, 11) is 3.09. The molecule has 2 aromatic rings. The van der Waals surface area contributed by atoms with Crippen LogP contribution >= 0.6 is 0 Å². The highest BCUT2D eigenvalue weighted by Gasteiger charge is 2.24. The highest BCUT2D eigenvalue weighted by Crippen LogP contribution is 2.43. The summed E-state index contributed by atoms with van der Waals surface area (Å²) in [6.45, 7) is 13.0. The quantitative estimate of drug-likeness (QED) is 0.614. The molecular formula is C23H30O4. The zero-order chi connectivity index (χ0) is 20.4. The summed E-state index contributed by atoms with van der Waals surface area (Å²) in [4.78, 5) is 11.3. The molecule has 0 saturated heterocycles. The molecule has 0 amide bonds. The molecule has 4 nitrogen and oxygen atoms in total. The lowest BCUT2D eigenvalue weighted by Crippen LogP contribution is -2.17. The molecule has 0 aromatic heterocycles. The first-order valence-corrected chi connectivity index (χ1v) is 9.05. The van der Waals surface area contributed by atoms with E-state index in [-0.39, 0.29) is 10.8 Å². The summed E-state index contributed by atoms with van der Waals surface area (Å²) >= 11 is 0. The first-order valence-electron chi connectivity index (χ1n) is 9.05. The molecule has 0 atom stereocenters. The summed E-state index contributed by atoms with van der Waals surface area (Å²) < 4.78 is 17.1. The normalized spacial score (nSPS) is 11.9. The largest absolute Gasteiger partial charge is 0.493 e. The van der Waals surface area contributed by atoms with E-state index in [0.29, 0.717) is 22.8 Å². The van der Waals surface area contributed by atoms with Crippen molar-refractivity contribution in [2.45, 2.75) is 52.4 Å². The van der Waals surface area contributed by atoms with Gasteiger partial charge in [-0.1, -0.05) is 53.7 Å². The number of hydrogen-bond donors (Lipinski definition) is 0. The van der Waals surface area contributed by atoms with Gasteiger partial charge in [-0.2, -0.15) is 0 Å². The summed E-state index contributed by atoms with van der Waals surface area (Å²) in [5.74, 6) is 2.11. The molecule has 0 fully saturated rings. The maximum Gasteiger partial charge on any atom is 0.203 e. The minimum absolute atomic E-state index is 0.0386. The van der Waals surface area contributed by atoms with Crippen molar-refractivity contribution in [1.82, 2.24) is 0 Å². The molecule has 0 spiro atoms. The predicted octanol–water partition coefficient (Wildman–Crippen LogP) is 5.90. The van der Waals surface area contributed by atoms with Gasteiger partial charge in [0.05, 0.1) is 14.2 Å². The van der Waals surface area contributed by atoms with E-state index >= 15 is 0 Å². The van der Waals surface area contributed by atoms with E-state index in [9.17, 15) is 4.79 Å². The maximum absolute atomic E-state index is 11.3. The molecule has 0 aliphatic heterocycles. The average molecular weight is 370 g/mol. The summed E-state index contributed by atoms with van der Waals surface area (Å²) in [6, 6.07) is 9.56. The van der Waals surface area contributed by atoms with Gasteiger partial charge in [-0.25, -0.2) is 0 Å². The number of carbonyl (C=O) groups excluding carboxylic acids is 1. The monoisotopic (exact) mass is 370 g/mol. The molecule has 0 radical (unpaired) electrons. The lowest BCUT2D eigenvalue weighted by atomic mass is 9.80. The van der Waals surface area contributed by atoms with Crippen LogP contribution < -0.4 is 14.2 Å². The van der Waals surface area contributed by atoms with Crippen LogP contribution in [0.25, 0.3) is 0 Å². The summed E-state index contributed by atoms with van der Waals surface area (Å²) in [6.07, 6.45) is 0.766. The number of rotatable bonds is 5. The molecule has 2 aromatic carbocycles. The van der Waals surface area contributed by atoms with Gasteiger partial charge in [-0.3, -0.25) is 4.79 Å². The van der Waals surface area contributed by atoms with Crippen LogP contribution in [0.2, 0.25) is 0 Å². The topological polar surface area (TPSA) is 44.8 Å². The second-order valence-electron chi connectivity index (χ2n) is 8.69. The number of ether oxygens (including phenoxy) is 3. The maximum atomic E-state index is 11.3. The molecular weight excluding hydrogens is 340 g/mol. The van der Waals surface area contributed by atoms with Crippen LogP contribution in [-0.2, 0) is 10.8 Å². The third-order valence-electron chi connectivity index (χ3n) is 4.48. The Morgan fingerprint density at radius 2 is 1.41 bits per heavy atom. The van der Waals surface area contributed by atoms with Crippen LogP contribution in [0.5, 0.6) is 23.0 Å². The van der Waals surface area contributed by atoms with Crippen molar-refractivity contribution in [3.05, 3.63) is 47.0 Å². The van der Waals surface area contributed by atoms with Crippen molar-refractivity contribution in [1.29, 1.82) is 0 Å². The lowest BCUT2D eigenvalue weighted by Gasteiger charge is -2.27. The highest BCUT2D eigenvalue weighted by molar-refractivity contribution is 5.78. The van der Waals surface area contributed by atoms with E-state index < -0.39 is 0 Å². The SMILES string of the molecule is COc1cc(C=O)cc(Oc2ccc(C(C)(C)C)cc2C(C)(C)C)c1OC. The van der Waals surface area contributed by atoms with E-state index in [1.54, 1.807) is 19.2 Å². The molecule has 0 saturated carbocycles. The first-order chi connectivity index (χ1) is 12.5. The average Bonchev–Trinajstić information content (AvgIpc) is 2.59. The molecule has 4 heteroatoms. The minimum atomic E-state index is -0.115. The van der Waals surface area contributed by atoms with Crippen molar-refractivity contribution < 1.29 is 19.0 Å². The molecule has 0 aliphatic carbocycles. The highest BCUT2D eigenvalue weighted by atomic mass is 16.5. The van der Waals surface area contributed by atoms with Gasteiger partial charge in [0.15, 0.2) is 11.5 Å². The first kappa shape index (κ1) is 20.8. The van der Waals surface area contributed by atoms with Gasteiger partial charge >= 0.3 is 0 Å². The van der Waals surface area contributed by atoms with Gasteiger partial charge < -0.3 is 14.2 Å². The van der Waals surface area contributed by atoms with E-state index in [4.69, 9.17) is 14.2 Å². The number of methoxy groups -OCH3 is 2. The van der Waals surface area contributed by atoms with E-state index in [0.717, 1.165) is 17.6 Å². The van der Waals surface area contributed by atoms with Crippen molar-refractivity contribution >= 4 is 6.29 Å². The molecule has 146 valence electrons. The summed E-state index contributed by atoms with van der Waals surface area (Å²) in [5.41, 5.74) is 2.72. The van der Waals surface area contributed by atoms with Crippen LogP contribution in [0.3, 0.4) is 0 Å². The zero-order valence-electron chi connectivity index (χ0n) is 17.6. The number of aldehydes is 1. The zero-order valence-corrected chi connectivity index (χ0v) is 17.6. The standard InChI is InChI=1S/C23H30O4/c1-22(2,3)16-9-10-18(17(13-16)23(4,5)6)27-20-12-15(14-24)11-19(25-7)21(20)26-8/h9-14H,1-8H3. The molecule has 0 bridgehead atoms. The lowest BCUT2D eigenvalue weighted by molar-refractivity contribution is 0.112. The van der Waals surface area contributed by atoms with E-state index in [1.807, 2.05) is 6.07 Å². The van der Waals surface area contributed by atoms with Crippen LogP contribution in [0.1, 0.15) is 63.0 Å². The van der Waals surface area contributed by atoms with E-state index in [2.05, 4.69) is 53.7 Å². The third kappa shape index (κ3) is 4.62. The minimum Gasteiger partial charge on any atom is -0.493 e. The third-order valence-corrected chi connectivity index (χ3v) is 4.48. The number of hydrogen-bond acceptors (Lipinski definition) is 4. The molecule has 0 aliphatic rings. The molecule has 0 N–H and O–H groups in total. The molecule has 0 unspecified atom stereocenters. The Labute approximate surface area is 162 Å². The van der Waals surface area contributed by atoms with Crippen LogP contribution in [0.15, 0.2) is 30.3 Å². The number of carbonyl (C=O) groups is 1. The van der Waals surface area contributed by atoms with Crippen molar-refractivity contribution in [3.8, 4) is 23.0 Å². The second-order valence-corrected chi connectivity index (χ2v) is 8.69. The van der Waals surface area contributed by atoms with Crippen LogP contribution in [-0.4, -0.2) is 20.5 Å². The fraction of sp³-hybridized carbons (Fsp3) is 0.435. The second kappa shape index (κ2) is 7.63. The van der Waals surface area contributed by atoms with Crippen molar-refractivity contribution in [2.24, 2.45) is 0 Å². The smallest absolute Gasteiger partial charge is 0.203 e. The van der Waals surface area contributed by atoms with Gasteiger partial charge in [0.2, 0.25) is 5.75 Å². The summed E-state index contributed by atoms with van der Waals surface area (Å²) in [5, 5.41) is 0. The van der Waals surface area contributed by atoms with Gasteiger partial charge in [0.1, 0.15) is 12.0 Å². The van der Waals surface area contributed by atoms with Crippen LogP contribution in [0, 0.1) is 0 Å². The number of benzene rings is 2. The Hall–Kier alpha value is -2.49. The van der Waals surface area contributed by atoms with Gasteiger partial charge in [-0.15, -0.1) is 0 Å². The Morgan fingerprint density at radius 3 is 1.89 bits per heavy atom. The fourth-order valence-electron chi connectivity index (χ4n) is 2.88. The van der Waals surface area contributed by atoms with Crippen molar-refractivity contribution in [3.63, 3.8) is 0 Å².